The maximum absolute atomic E-state index is 8.55. The monoisotopic (exact) mass is 151 g/mol. The highest BCUT2D eigenvalue weighted by molar-refractivity contribution is 5.21. The first-order valence-electron chi connectivity index (χ1n) is 3.52. The predicted octanol–water partition coefficient (Wildman–Crippen LogP) is 1.99. The first-order chi connectivity index (χ1) is 5.33. The van der Waals surface area contributed by atoms with E-state index < -0.39 is 0 Å². The van der Waals surface area contributed by atoms with Crippen LogP contribution in [0.25, 0.3) is 0 Å². The van der Waals surface area contributed by atoms with E-state index in [1.54, 1.807) is 6.92 Å². The largest absolute Gasteiger partial charge is 0.488 e. The minimum absolute atomic E-state index is 0.252. The van der Waals surface area contributed by atoms with Gasteiger partial charge in [0.05, 0.1) is 0 Å². The van der Waals surface area contributed by atoms with Gasteiger partial charge in [0, 0.05) is 0 Å². The van der Waals surface area contributed by atoms with Crippen molar-refractivity contribution in [1.29, 1.82) is 0 Å². The molecule has 0 aliphatic carbocycles. The van der Waals surface area contributed by atoms with Crippen LogP contribution in [0.4, 0.5) is 0 Å². The first kappa shape index (κ1) is 8.08. The third-order valence-corrected chi connectivity index (χ3v) is 1.28. The van der Waals surface area contributed by atoms with Crippen molar-refractivity contribution in [3.05, 3.63) is 36.9 Å². The maximum Gasteiger partial charge on any atom is 0.124 e. The zero-order valence-corrected chi connectivity index (χ0v) is 6.40. The summed E-state index contributed by atoms with van der Waals surface area (Å²) in [5.41, 5.74) is 0. The number of rotatable bonds is 3. The Morgan fingerprint density at radius 3 is 2.55 bits per heavy atom. The van der Waals surface area contributed by atoms with E-state index in [9.17, 15) is 0 Å². The second kappa shape index (κ2) is 3.98. The number of hydrogen-bond donors (Lipinski definition) is 1. The SMILES string of the molecule is CC([CH]O)Oc1ccccc1. The Morgan fingerprint density at radius 1 is 1.36 bits per heavy atom. The van der Waals surface area contributed by atoms with Gasteiger partial charge in [-0.1, -0.05) is 18.2 Å². The van der Waals surface area contributed by atoms with Gasteiger partial charge < -0.3 is 9.84 Å². The average molecular weight is 151 g/mol. The molecule has 0 aliphatic rings. The summed E-state index contributed by atoms with van der Waals surface area (Å²) in [6, 6.07) is 9.39. The molecule has 1 atom stereocenters. The van der Waals surface area contributed by atoms with Crippen LogP contribution < -0.4 is 4.74 Å². The zero-order valence-electron chi connectivity index (χ0n) is 6.40. The van der Waals surface area contributed by atoms with E-state index in [1.807, 2.05) is 30.3 Å². The Bertz CT molecular complexity index is 196. The summed E-state index contributed by atoms with van der Waals surface area (Å²) in [5.74, 6) is 0.769. The lowest BCUT2D eigenvalue weighted by Gasteiger charge is -2.10. The number of benzene rings is 1. The molecular formula is C9H11O2. The lowest BCUT2D eigenvalue weighted by Crippen LogP contribution is -2.11. The van der Waals surface area contributed by atoms with E-state index in [0.717, 1.165) is 12.4 Å². The van der Waals surface area contributed by atoms with E-state index in [0.29, 0.717) is 0 Å². The fourth-order valence-corrected chi connectivity index (χ4v) is 0.744. The topological polar surface area (TPSA) is 29.5 Å². The van der Waals surface area contributed by atoms with Crippen LogP contribution in [0.15, 0.2) is 30.3 Å². The number of para-hydroxylation sites is 1. The molecule has 0 heterocycles. The Hall–Kier alpha value is -1.02. The van der Waals surface area contributed by atoms with E-state index in [-0.39, 0.29) is 6.10 Å². The van der Waals surface area contributed by atoms with Crippen LogP contribution in [0.3, 0.4) is 0 Å². The number of hydrogen-bond acceptors (Lipinski definition) is 2. The zero-order chi connectivity index (χ0) is 8.10. The van der Waals surface area contributed by atoms with Gasteiger partial charge >= 0.3 is 0 Å². The van der Waals surface area contributed by atoms with Gasteiger partial charge in [-0.2, -0.15) is 0 Å². The third-order valence-electron chi connectivity index (χ3n) is 1.28. The van der Waals surface area contributed by atoms with E-state index in [2.05, 4.69) is 0 Å². The van der Waals surface area contributed by atoms with Gasteiger partial charge in [-0.3, -0.25) is 0 Å². The Balaban J connectivity index is 2.51. The second-order valence-corrected chi connectivity index (χ2v) is 2.29. The smallest absolute Gasteiger partial charge is 0.124 e. The van der Waals surface area contributed by atoms with Crippen LogP contribution in [0.1, 0.15) is 6.92 Å². The highest BCUT2D eigenvalue weighted by Gasteiger charge is 1.99. The van der Waals surface area contributed by atoms with E-state index >= 15 is 0 Å². The molecule has 1 radical (unpaired) electrons. The molecule has 59 valence electrons. The molecule has 0 saturated heterocycles. The number of ether oxygens (including phenoxy) is 1. The number of aliphatic hydroxyl groups is 1. The molecule has 0 spiro atoms. The molecular weight excluding hydrogens is 140 g/mol. The van der Waals surface area contributed by atoms with Gasteiger partial charge in [0.1, 0.15) is 18.5 Å². The van der Waals surface area contributed by atoms with Gasteiger partial charge in [-0.25, -0.2) is 0 Å². The van der Waals surface area contributed by atoms with Crippen LogP contribution in [-0.4, -0.2) is 11.2 Å². The summed E-state index contributed by atoms with van der Waals surface area (Å²) in [4.78, 5) is 0. The van der Waals surface area contributed by atoms with Crippen molar-refractivity contribution in [2.75, 3.05) is 0 Å². The minimum Gasteiger partial charge on any atom is -0.488 e. The van der Waals surface area contributed by atoms with Crippen molar-refractivity contribution >= 4 is 0 Å². The van der Waals surface area contributed by atoms with Gasteiger partial charge in [-0.05, 0) is 19.1 Å². The molecule has 1 N–H and O–H groups in total. The molecule has 2 nitrogen and oxygen atoms in total. The lowest BCUT2D eigenvalue weighted by molar-refractivity contribution is 0.183. The standard InChI is InChI=1S/C9H11O2/c1-8(7-10)11-9-5-3-2-4-6-9/h2-8,10H,1H3. The Morgan fingerprint density at radius 2 is 2.00 bits per heavy atom. The highest BCUT2D eigenvalue weighted by atomic mass is 16.5. The molecule has 1 rings (SSSR count). The summed E-state index contributed by atoms with van der Waals surface area (Å²) in [6.45, 7) is 2.79. The van der Waals surface area contributed by atoms with Gasteiger partial charge in [0.25, 0.3) is 0 Å². The molecule has 0 bridgehead atoms. The second-order valence-electron chi connectivity index (χ2n) is 2.29. The van der Waals surface area contributed by atoms with Gasteiger partial charge in [0.15, 0.2) is 0 Å². The fourth-order valence-electron chi connectivity index (χ4n) is 0.744. The average Bonchev–Trinajstić information content (AvgIpc) is 2.06. The molecule has 1 unspecified atom stereocenters. The lowest BCUT2D eigenvalue weighted by atomic mass is 10.3. The molecule has 2 heteroatoms. The van der Waals surface area contributed by atoms with Crippen molar-refractivity contribution in [2.45, 2.75) is 13.0 Å². The molecule has 1 aromatic rings. The molecule has 0 fully saturated rings. The van der Waals surface area contributed by atoms with Crippen molar-refractivity contribution in [3.8, 4) is 5.75 Å². The van der Waals surface area contributed by atoms with Gasteiger partial charge in [-0.15, -0.1) is 0 Å². The summed E-state index contributed by atoms with van der Waals surface area (Å²) in [6.07, 6.45) is -0.252. The molecule has 0 saturated carbocycles. The Kier molecular flexibility index (Phi) is 2.93. The normalized spacial score (nSPS) is 12.5. The highest BCUT2D eigenvalue weighted by Crippen LogP contribution is 2.10. The molecule has 0 aliphatic heterocycles. The summed E-state index contributed by atoms with van der Waals surface area (Å²) in [7, 11) is 0. The van der Waals surface area contributed by atoms with Crippen molar-refractivity contribution < 1.29 is 9.84 Å². The van der Waals surface area contributed by atoms with E-state index in [1.165, 1.54) is 0 Å². The first-order valence-corrected chi connectivity index (χ1v) is 3.52. The van der Waals surface area contributed by atoms with Crippen LogP contribution in [0, 0.1) is 6.61 Å². The molecule has 0 aromatic heterocycles. The molecule has 11 heavy (non-hydrogen) atoms. The Labute approximate surface area is 66.4 Å². The van der Waals surface area contributed by atoms with Crippen molar-refractivity contribution in [2.24, 2.45) is 0 Å². The maximum atomic E-state index is 8.55. The van der Waals surface area contributed by atoms with Crippen molar-refractivity contribution in [1.82, 2.24) is 0 Å². The number of aliphatic hydroxyl groups excluding tert-OH is 1. The van der Waals surface area contributed by atoms with Crippen LogP contribution >= 0.6 is 0 Å². The fraction of sp³-hybridized carbons (Fsp3) is 0.222. The summed E-state index contributed by atoms with van der Waals surface area (Å²) < 4.78 is 5.26. The molecule has 1 aromatic carbocycles. The quantitative estimate of drug-likeness (QED) is 0.715. The third kappa shape index (κ3) is 2.60. The minimum atomic E-state index is -0.252. The van der Waals surface area contributed by atoms with Crippen LogP contribution in [0.2, 0.25) is 0 Å². The molecule has 0 amide bonds. The van der Waals surface area contributed by atoms with Gasteiger partial charge in [0.2, 0.25) is 0 Å². The van der Waals surface area contributed by atoms with Crippen LogP contribution in [0.5, 0.6) is 5.75 Å². The predicted molar refractivity (Wildman–Crippen MR) is 42.8 cm³/mol. The van der Waals surface area contributed by atoms with E-state index in [4.69, 9.17) is 9.84 Å². The van der Waals surface area contributed by atoms with Crippen LogP contribution in [-0.2, 0) is 0 Å². The summed E-state index contributed by atoms with van der Waals surface area (Å²) >= 11 is 0. The summed E-state index contributed by atoms with van der Waals surface area (Å²) in [5, 5.41) is 8.55. The van der Waals surface area contributed by atoms with Crippen molar-refractivity contribution in [3.63, 3.8) is 0 Å².